The van der Waals surface area contributed by atoms with E-state index in [9.17, 15) is 8.78 Å². The van der Waals surface area contributed by atoms with Crippen LogP contribution in [-0.4, -0.2) is 22.9 Å². The molecular weight excluding hydrogens is 516 g/mol. The van der Waals surface area contributed by atoms with E-state index in [2.05, 4.69) is 34.2 Å². The van der Waals surface area contributed by atoms with E-state index in [-0.39, 0.29) is 0 Å². The molecule has 3 rings (SSSR count). The number of allylic oxidation sites excluding steroid dienone is 3. The zero-order chi connectivity index (χ0) is 20.8. The van der Waals surface area contributed by atoms with Crippen molar-refractivity contribution in [1.82, 2.24) is 9.88 Å². The molecule has 0 aliphatic carbocycles. The predicted octanol–water partition coefficient (Wildman–Crippen LogP) is 7.70. The zero-order valence-electron chi connectivity index (χ0n) is 15.4. The third kappa shape index (κ3) is 5.13. The normalized spacial score (nSPS) is 14.1. The Bertz CT molecular complexity index is 912. The average Bonchev–Trinajstić information content (AvgIpc) is 2.68. The fraction of sp³-hybridized carbons (Fsp3) is 0.190. The number of pyridine rings is 1. The van der Waals surface area contributed by atoms with Gasteiger partial charge in [0.15, 0.2) is 0 Å². The number of halogens is 5. The molecule has 1 aromatic carbocycles. The van der Waals surface area contributed by atoms with Crippen LogP contribution in [0, 0.1) is 0 Å². The molecule has 148 valence electrons. The summed E-state index contributed by atoms with van der Waals surface area (Å²) < 4.78 is 27.4. The first-order valence-electron chi connectivity index (χ1n) is 8.61. The maximum Gasteiger partial charge on any atom is 0.256 e. The fourth-order valence-electron chi connectivity index (χ4n) is 2.71. The molecule has 2 aromatic rings. The Balaban J connectivity index is 0.00000136. The van der Waals surface area contributed by atoms with Crippen LogP contribution in [0.15, 0.2) is 64.5 Å². The van der Waals surface area contributed by atoms with Gasteiger partial charge in [0.25, 0.3) is 6.43 Å². The topological polar surface area (TPSA) is 16.1 Å². The van der Waals surface area contributed by atoms with Crippen LogP contribution in [0.1, 0.15) is 25.1 Å². The monoisotopic (exact) mass is 534 g/mol. The van der Waals surface area contributed by atoms with Gasteiger partial charge in [0.05, 0.1) is 22.3 Å². The van der Waals surface area contributed by atoms with Crippen molar-refractivity contribution in [3.8, 4) is 0 Å². The summed E-state index contributed by atoms with van der Waals surface area (Å²) in [4.78, 5) is 5.78. The van der Waals surface area contributed by atoms with Crippen LogP contribution < -0.4 is 0 Å². The number of nitrogens with zero attached hydrogens (tertiary/aromatic N) is 2. The lowest BCUT2D eigenvalue weighted by atomic mass is 9.97. The van der Waals surface area contributed by atoms with E-state index in [0.717, 1.165) is 14.7 Å². The molecule has 0 N–H and O–H groups in total. The SMILES string of the molecule is C=C1C(I)=CC(c2ccccc2)=C(c2ncc(Cl)cc2Cl)N1CC(F)F.CC. The number of alkyl halides is 2. The molecule has 2 heterocycles. The summed E-state index contributed by atoms with van der Waals surface area (Å²) in [6.45, 7) is 7.46. The van der Waals surface area contributed by atoms with Crippen molar-refractivity contribution in [2.75, 3.05) is 6.54 Å². The first kappa shape index (κ1) is 22.8. The van der Waals surface area contributed by atoms with Gasteiger partial charge in [-0.15, -0.1) is 0 Å². The lowest BCUT2D eigenvalue weighted by Crippen LogP contribution is -2.30. The second kappa shape index (κ2) is 10.4. The van der Waals surface area contributed by atoms with Crippen LogP contribution in [0.4, 0.5) is 8.78 Å². The highest BCUT2D eigenvalue weighted by Crippen LogP contribution is 2.42. The van der Waals surface area contributed by atoms with Crippen molar-refractivity contribution in [2.45, 2.75) is 20.3 Å². The molecule has 0 amide bonds. The molecule has 1 aromatic heterocycles. The Morgan fingerprint density at radius 2 is 1.82 bits per heavy atom. The minimum atomic E-state index is -2.55. The van der Waals surface area contributed by atoms with Crippen LogP contribution in [0.3, 0.4) is 0 Å². The van der Waals surface area contributed by atoms with Crippen molar-refractivity contribution in [1.29, 1.82) is 0 Å². The van der Waals surface area contributed by atoms with Gasteiger partial charge in [-0.3, -0.25) is 4.98 Å². The zero-order valence-corrected chi connectivity index (χ0v) is 19.1. The van der Waals surface area contributed by atoms with Gasteiger partial charge >= 0.3 is 0 Å². The van der Waals surface area contributed by atoms with E-state index < -0.39 is 13.0 Å². The smallest absolute Gasteiger partial charge is 0.256 e. The van der Waals surface area contributed by atoms with E-state index in [0.29, 0.717) is 27.1 Å². The highest BCUT2D eigenvalue weighted by Gasteiger charge is 2.29. The van der Waals surface area contributed by atoms with Gasteiger partial charge < -0.3 is 4.90 Å². The van der Waals surface area contributed by atoms with Crippen LogP contribution in [0.5, 0.6) is 0 Å². The van der Waals surface area contributed by atoms with Crippen molar-refractivity contribution in [3.63, 3.8) is 0 Å². The first-order chi connectivity index (χ1) is 13.4. The third-order valence-electron chi connectivity index (χ3n) is 3.84. The number of hydrogen-bond donors (Lipinski definition) is 0. The van der Waals surface area contributed by atoms with Gasteiger partial charge in [-0.2, -0.15) is 0 Å². The van der Waals surface area contributed by atoms with Crippen LogP contribution in [0.25, 0.3) is 11.3 Å². The van der Waals surface area contributed by atoms with Crippen molar-refractivity contribution in [2.24, 2.45) is 0 Å². The number of hydrogen-bond acceptors (Lipinski definition) is 2. The van der Waals surface area contributed by atoms with Gasteiger partial charge in [0, 0.05) is 21.0 Å². The third-order valence-corrected chi connectivity index (χ3v) is 5.26. The summed E-state index contributed by atoms with van der Waals surface area (Å²) in [6.07, 6.45) is 0.805. The molecule has 0 saturated carbocycles. The van der Waals surface area contributed by atoms with E-state index in [1.807, 2.05) is 50.3 Å². The molecule has 7 heteroatoms. The lowest BCUT2D eigenvalue weighted by Gasteiger charge is -2.34. The predicted molar refractivity (Wildman–Crippen MR) is 123 cm³/mol. The molecule has 0 bridgehead atoms. The minimum Gasteiger partial charge on any atom is -0.333 e. The maximum atomic E-state index is 13.3. The van der Waals surface area contributed by atoms with Gasteiger partial charge in [-0.1, -0.05) is 74.0 Å². The summed E-state index contributed by atoms with van der Waals surface area (Å²) in [5.74, 6) is 0. The number of benzene rings is 1. The largest absolute Gasteiger partial charge is 0.333 e. The van der Waals surface area contributed by atoms with E-state index >= 15 is 0 Å². The number of rotatable bonds is 4. The van der Waals surface area contributed by atoms with Gasteiger partial charge in [-0.05, 0) is 40.3 Å². The number of aromatic nitrogens is 1. The van der Waals surface area contributed by atoms with Gasteiger partial charge in [0.1, 0.15) is 5.69 Å². The van der Waals surface area contributed by atoms with Crippen LogP contribution >= 0.6 is 45.8 Å². The maximum absolute atomic E-state index is 13.3. The summed E-state index contributed by atoms with van der Waals surface area (Å²) in [5.41, 5.74) is 2.98. The average molecular weight is 535 g/mol. The molecular formula is C21H19Cl2F2IN2. The quantitative estimate of drug-likeness (QED) is 0.374. The molecule has 0 radical (unpaired) electrons. The Labute approximate surface area is 187 Å². The van der Waals surface area contributed by atoms with E-state index in [4.69, 9.17) is 23.2 Å². The summed E-state index contributed by atoms with van der Waals surface area (Å²) in [5, 5.41) is 0.666. The standard InChI is InChI=1S/C19H13Cl2F2IN2.C2H6/c1-11-16(24)8-14(12-5-3-2-4-6-12)19(26(11)10-17(22)23)18-15(21)7-13(20)9-25-18;1-2/h2-9,17H,1,10H2;1-2H3. The summed E-state index contributed by atoms with van der Waals surface area (Å²) in [6, 6.07) is 11.0. The first-order valence-corrected chi connectivity index (χ1v) is 10.4. The van der Waals surface area contributed by atoms with Crippen LogP contribution in [-0.2, 0) is 0 Å². The highest BCUT2D eigenvalue weighted by molar-refractivity contribution is 14.1. The molecule has 2 nitrogen and oxygen atoms in total. The Kier molecular flexibility index (Phi) is 8.46. The Morgan fingerprint density at radius 3 is 2.39 bits per heavy atom. The van der Waals surface area contributed by atoms with E-state index in [1.54, 1.807) is 6.07 Å². The molecule has 0 atom stereocenters. The van der Waals surface area contributed by atoms with Crippen molar-refractivity contribution < 1.29 is 8.78 Å². The second-order valence-electron chi connectivity index (χ2n) is 5.55. The van der Waals surface area contributed by atoms with Crippen molar-refractivity contribution >= 4 is 57.1 Å². The second-order valence-corrected chi connectivity index (χ2v) is 7.56. The molecule has 0 unspecified atom stereocenters. The van der Waals surface area contributed by atoms with Gasteiger partial charge in [-0.25, -0.2) is 8.78 Å². The molecule has 0 saturated heterocycles. The molecule has 0 fully saturated rings. The summed E-state index contributed by atoms with van der Waals surface area (Å²) in [7, 11) is 0. The fourth-order valence-corrected chi connectivity index (χ4v) is 3.78. The molecule has 1 aliphatic rings. The lowest BCUT2D eigenvalue weighted by molar-refractivity contribution is 0.123. The summed E-state index contributed by atoms with van der Waals surface area (Å²) >= 11 is 14.4. The minimum absolute atomic E-state index is 0.290. The Morgan fingerprint density at radius 1 is 1.18 bits per heavy atom. The molecule has 28 heavy (non-hydrogen) atoms. The molecule has 1 aliphatic heterocycles. The van der Waals surface area contributed by atoms with Crippen LogP contribution in [0.2, 0.25) is 10.0 Å². The highest BCUT2D eigenvalue weighted by atomic mass is 127. The van der Waals surface area contributed by atoms with E-state index in [1.165, 1.54) is 11.1 Å². The molecule has 0 spiro atoms. The van der Waals surface area contributed by atoms with Gasteiger partial charge in [0.2, 0.25) is 0 Å². The van der Waals surface area contributed by atoms with Crippen molar-refractivity contribution in [3.05, 3.63) is 85.8 Å². The Hall–Kier alpha value is -1.44.